The largest absolute Gasteiger partial charge is 0.479 e. The van der Waals surface area contributed by atoms with Gasteiger partial charge in [-0.1, -0.05) is 11.6 Å². The van der Waals surface area contributed by atoms with Gasteiger partial charge in [-0.3, -0.25) is 4.79 Å². The highest BCUT2D eigenvalue weighted by molar-refractivity contribution is 6.30. The lowest BCUT2D eigenvalue weighted by molar-refractivity contribution is -0.167. The lowest BCUT2D eigenvalue weighted by Gasteiger charge is -2.30. The SMILES string of the molecule is CCOCOC[C@H](C[C@@](C)(OCCOC)C(=O)O)NC(=O)c1ccc(Cl)cc1. The summed E-state index contributed by atoms with van der Waals surface area (Å²) in [5.41, 5.74) is -1.12. The number of rotatable bonds is 14. The minimum atomic E-state index is -1.52. The average molecular weight is 418 g/mol. The summed E-state index contributed by atoms with van der Waals surface area (Å²) in [6.07, 6.45) is -0.00248. The second kappa shape index (κ2) is 12.7. The van der Waals surface area contributed by atoms with Crippen LogP contribution in [0, 0.1) is 0 Å². The second-order valence-electron chi connectivity index (χ2n) is 6.24. The van der Waals surface area contributed by atoms with Crippen molar-refractivity contribution in [3.63, 3.8) is 0 Å². The van der Waals surface area contributed by atoms with E-state index in [1.165, 1.54) is 14.0 Å². The van der Waals surface area contributed by atoms with E-state index >= 15 is 0 Å². The van der Waals surface area contributed by atoms with Crippen LogP contribution < -0.4 is 5.32 Å². The Balaban J connectivity index is 2.84. The van der Waals surface area contributed by atoms with Crippen molar-refractivity contribution in [2.45, 2.75) is 31.9 Å². The quantitative estimate of drug-likeness (QED) is 0.353. The molecular formula is C19H28ClNO7. The molecule has 28 heavy (non-hydrogen) atoms. The number of carbonyl (C=O) groups excluding carboxylic acids is 1. The summed E-state index contributed by atoms with van der Waals surface area (Å²) in [6.45, 7) is 4.23. The molecular weight excluding hydrogens is 390 g/mol. The molecule has 2 N–H and O–H groups in total. The maximum absolute atomic E-state index is 12.5. The zero-order valence-corrected chi connectivity index (χ0v) is 17.2. The van der Waals surface area contributed by atoms with E-state index in [0.717, 1.165) is 0 Å². The Kier molecular flexibility index (Phi) is 11.0. The number of nitrogens with one attached hydrogen (secondary N) is 1. The summed E-state index contributed by atoms with van der Waals surface area (Å²) in [4.78, 5) is 24.3. The van der Waals surface area contributed by atoms with E-state index in [2.05, 4.69) is 5.32 Å². The van der Waals surface area contributed by atoms with Crippen LogP contribution in [0.15, 0.2) is 24.3 Å². The van der Waals surface area contributed by atoms with Crippen LogP contribution in [0.25, 0.3) is 0 Å². The van der Waals surface area contributed by atoms with Crippen molar-refractivity contribution in [1.82, 2.24) is 5.32 Å². The fraction of sp³-hybridized carbons (Fsp3) is 0.579. The molecule has 0 aromatic heterocycles. The topological polar surface area (TPSA) is 103 Å². The molecule has 1 rings (SSSR count). The van der Waals surface area contributed by atoms with Crippen LogP contribution in [0.5, 0.6) is 0 Å². The lowest BCUT2D eigenvalue weighted by atomic mass is 9.96. The number of ether oxygens (including phenoxy) is 4. The molecule has 8 nitrogen and oxygen atoms in total. The normalized spacial score (nSPS) is 14.3. The molecule has 1 aromatic rings. The molecule has 1 aromatic carbocycles. The van der Waals surface area contributed by atoms with Gasteiger partial charge in [0.05, 0.1) is 25.9 Å². The Morgan fingerprint density at radius 1 is 1.21 bits per heavy atom. The van der Waals surface area contributed by atoms with Crippen LogP contribution >= 0.6 is 11.6 Å². The molecule has 0 fully saturated rings. The van der Waals surface area contributed by atoms with Gasteiger partial charge in [-0.2, -0.15) is 0 Å². The molecule has 0 heterocycles. The van der Waals surface area contributed by atoms with Crippen molar-refractivity contribution in [2.75, 3.05) is 40.3 Å². The molecule has 0 aliphatic carbocycles. The van der Waals surface area contributed by atoms with Gasteiger partial charge >= 0.3 is 5.97 Å². The van der Waals surface area contributed by atoms with Crippen LogP contribution in [-0.2, 0) is 23.7 Å². The average Bonchev–Trinajstić information content (AvgIpc) is 2.65. The standard InChI is InChI=1S/C19H28ClNO7/c1-4-26-13-27-12-16(11-19(2,18(23)24)28-10-9-25-3)21-17(22)14-5-7-15(20)8-6-14/h5-8,16H,4,9-13H2,1-3H3,(H,21,22)(H,23,24)/t16-,19+/m0/s1. The Morgan fingerprint density at radius 2 is 1.89 bits per heavy atom. The van der Waals surface area contributed by atoms with E-state index in [0.29, 0.717) is 17.2 Å². The van der Waals surface area contributed by atoms with Crippen molar-refractivity contribution < 1.29 is 33.6 Å². The molecule has 2 atom stereocenters. The van der Waals surface area contributed by atoms with Crippen LogP contribution in [0.2, 0.25) is 5.02 Å². The van der Waals surface area contributed by atoms with Crippen molar-refractivity contribution in [3.8, 4) is 0 Å². The fourth-order valence-corrected chi connectivity index (χ4v) is 2.51. The second-order valence-corrected chi connectivity index (χ2v) is 6.68. The Hall–Kier alpha value is -1.71. The number of amides is 1. The summed E-state index contributed by atoms with van der Waals surface area (Å²) < 4.78 is 21.0. The molecule has 0 aliphatic heterocycles. The van der Waals surface area contributed by atoms with Crippen LogP contribution in [0.3, 0.4) is 0 Å². The number of hydrogen-bond donors (Lipinski definition) is 2. The summed E-state index contributed by atoms with van der Waals surface area (Å²) >= 11 is 5.85. The zero-order valence-electron chi connectivity index (χ0n) is 16.4. The third kappa shape index (κ3) is 8.53. The summed E-state index contributed by atoms with van der Waals surface area (Å²) in [7, 11) is 1.50. The molecule has 0 radical (unpaired) electrons. The van der Waals surface area contributed by atoms with E-state index in [4.69, 9.17) is 30.5 Å². The number of carboxylic acids is 1. The molecule has 1 amide bonds. The maximum atomic E-state index is 12.5. The van der Waals surface area contributed by atoms with Crippen molar-refractivity contribution in [3.05, 3.63) is 34.9 Å². The Labute approximate surface area is 170 Å². The first-order valence-corrected chi connectivity index (χ1v) is 9.28. The van der Waals surface area contributed by atoms with Crippen molar-refractivity contribution in [1.29, 1.82) is 0 Å². The zero-order chi connectivity index (χ0) is 21.0. The molecule has 9 heteroatoms. The van der Waals surface area contributed by atoms with Gasteiger partial charge in [0.15, 0.2) is 5.60 Å². The van der Waals surface area contributed by atoms with E-state index in [1.807, 2.05) is 6.92 Å². The fourth-order valence-electron chi connectivity index (χ4n) is 2.38. The highest BCUT2D eigenvalue weighted by Gasteiger charge is 2.37. The van der Waals surface area contributed by atoms with Gasteiger partial charge in [0.2, 0.25) is 0 Å². The predicted molar refractivity (Wildman–Crippen MR) is 104 cm³/mol. The number of carboxylic acid groups (broad SMARTS) is 1. The van der Waals surface area contributed by atoms with Crippen LogP contribution in [0.1, 0.15) is 30.6 Å². The third-order valence-corrected chi connectivity index (χ3v) is 4.18. The molecule has 158 valence electrons. The molecule has 0 spiro atoms. The molecule has 0 unspecified atom stereocenters. The molecule has 0 saturated heterocycles. The number of aliphatic carboxylic acids is 1. The van der Waals surface area contributed by atoms with Gasteiger partial charge in [0.1, 0.15) is 6.79 Å². The van der Waals surface area contributed by atoms with Gasteiger partial charge < -0.3 is 29.4 Å². The first-order valence-electron chi connectivity index (χ1n) is 8.90. The third-order valence-electron chi connectivity index (χ3n) is 3.93. The molecule has 0 bridgehead atoms. The van der Waals surface area contributed by atoms with Crippen LogP contribution in [0.4, 0.5) is 0 Å². The first kappa shape index (κ1) is 24.3. The van der Waals surface area contributed by atoms with E-state index in [-0.39, 0.29) is 38.9 Å². The first-order chi connectivity index (χ1) is 13.3. The molecule has 0 aliphatic rings. The maximum Gasteiger partial charge on any atom is 0.335 e. The van der Waals surface area contributed by atoms with Gasteiger partial charge in [0, 0.05) is 30.7 Å². The van der Waals surface area contributed by atoms with Gasteiger partial charge in [-0.25, -0.2) is 4.79 Å². The summed E-state index contributed by atoms with van der Waals surface area (Å²) in [5, 5.41) is 12.9. The summed E-state index contributed by atoms with van der Waals surface area (Å²) in [5.74, 6) is -1.51. The Morgan fingerprint density at radius 3 is 2.46 bits per heavy atom. The number of halogens is 1. The van der Waals surface area contributed by atoms with Gasteiger partial charge in [-0.15, -0.1) is 0 Å². The minimum absolute atomic E-state index is 0.00248. The number of carbonyl (C=O) groups is 2. The van der Waals surface area contributed by atoms with E-state index in [1.54, 1.807) is 24.3 Å². The van der Waals surface area contributed by atoms with Gasteiger partial charge in [-0.05, 0) is 38.1 Å². The van der Waals surface area contributed by atoms with E-state index < -0.39 is 17.6 Å². The lowest BCUT2D eigenvalue weighted by Crippen LogP contribution is -2.49. The minimum Gasteiger partial charge on any atom is -0.479 e. The van der Waals surface area contributed by atoms with E-state index in [9.17, 15) is 14.7 Å². The van der Waals surface area contributed by atoms with Gasteiger partial charge in [0.25, 0.3) is 5.91 Å². The summed E-state index contributed by atoms with van der Waals surface area (Å²) in [6, 6.07) is 5.76. The number of benzene rings is 1. The highest BCUT2D eigenvalue weighted by atomic mass is 35.5. The number of hydrogen-bond acceptors (Lipinski definition) is 6. The smallest absolute Gasteiger partial charge is 0.335 e. The highest BCUT2D eigenvalue weighted by Crippen LogP contribution is 2.19. The Bertz CT molecular complexity index is 611. The van der Waals surface area contributed by atoms with Crippen molar-refractivity contribution >= 4 is 23.5 Å². The molecule has 0 saturated carbocycles. The van der Waals surface area contributed by atoms with Crippen molar-refractivity contribution in [2.24, 2.45) is 0 Å². The monoisotopic (exact) mass is 417 g/mol. The number of methoxy groups -OCH3 is 1. The predicted octanol–water partition coefficient (Wildman–Crippen LogP) is 2.35. The van der Waals surface area contributed by atoms with Crippen LogP contribution in [-0.4, -0.2) is 69.0 Å².